The van der Waals surface area contributed by atoms with E-state index in [1.54, 1.807) is 25.1 Å². The highest BCUT2D eigenvalue weighted by Gasteiger charge is 2.41. The molecule has 1 aliphatic heterocycles. The van der Waals surface area contributed by atoms with E-state index in [-0.39, 0.29) is 43.5 Å². The van der Waals surface area contributed by atoms with Gasteiger partial charge in [0.05, 0.1) is 19.3 Å². The van der Waals surface area contributed by atoms with Crippen LogP contribution in [0.4, 0.5) is 18.9 Å². The molecule has 34 heavy (non-hydrogen) atoms. The van der Waals surface area contributed by atoms with Gasteiger partial charge in [-0.05, 0) is 54.7 Å². The van der Waals surface area contributed by atoms with Crippen molar-refractivity contribution in [3.63, 3.8) is 0 Å². The number of alkyl halides is 3. The lowest BCUT2D eigenvalue weighted by Crippen LogP contribution is -2.50. The molecular weight excluding hydrogens is 451 g/mol. The van der Waals surface area contributed by atoms with Crippen molar-refractivity contribution in [2.45, 2.75) is 57.0 Å². The average molecular weight is 479 g/mol. The van der Waals surface area contributed by atoms with E-state index in [0.717, 1.165) is 12.8 Å². The molecular formula is C25H28F3NO5. The van der Waals surface area contributed by atoms with Crippen molar-refractivity contribution in [3.8, 4) is 16.9 Å². The van der Waals surface area contributed by atoms with E-state index >= 15 is 0 Å². The van der Waals surface area contributed by atoms with Crippen molar-refractivity contribution in [2.24, 2.45) is 0 Å². The normalized spacial score (nSPS) is 17.9. The molecule has 1 heterocycles. The fraction of sp³-hybridized carbons (Fsp3) is 0.480. The first-order chi connectivity index (χ1) is 16.2. The molecule has 6 nitrogen and oxygen atoms in total. The lowest BCUT2D eigenvalue weighted by atomic mass is 9.89. The molecule has 0 aromatic heterocycles. The fourth-order valence-corrected chi connectivity index (χ4v) is 4.21. The number of hydrogen-bond donors (Lipinski definition) is 2. The molecule has 0 amide bonds. The highest BCUT2D eigenvalue weighted by atomic mass is 19.4. The summed E-state index contributed by atoms with van der Waals surface area (Å²) in [6.45, 7) is 2.49. The molecule has 0 unspecified atom stereocenters. The van der Waals surface area contributed by atoms with Crippen molar-refractivity contribution < 1.29 is 37.3 Å². The monoisotopic (exact) mass is 479 g/mol. The Morgan fingerprint density at radius 3 is 2.53 bits per heavy atom. The number of benzene rings is 2. The first kappa shape index (κ1) is 24.3. The van der Waals surface area contributed by atoms with Gasteiger partial charge in [0.25, 0.3) is 0 Å². The Morgan fingerprint density at radius 1 is 1.18 bits per heavy atom. The minimum Gasteiger partial charge on any atom is -0.493 e. The zero-order chi connectivity index (χ0) is 24.3. The van der Waals surface area contributed by atoms with Crippen LogP contribution in [0.2, 0.25) is 0 Å². The Morgan fingerprint density at radius 2 is 1.91 bits per heavy atom. The number of hydrogen-bond acceptors (Lipinski definition) is 5. The van der Waals surface area contributed by atoms with Gasteiger partial charge in [-0.25, -0.2) is 4.79 Å². The van der Waals surface area contributed by atoms with Crippen LogP contribution in [0, 0.1) is 0 Å². The third kappa shape index (κ3) is 5.31. The molecule has 0 atom stereocenters. The van der Waals surface area contributed by atoms with Crippen LogP contribution in [0.3, 0.4) is 0 Å². The van der Waals surface area contributed by atoms with E-state index < -0.39 is 23.2 Å². The lowest BCUT2D eigenvalue weighted by Gasteiger charge is -2.35. The maximum absolute atomic E-state index is 14.1. The Hall–Kier alpha value is -2.78. The molecule has 2 fully saturated rings. The summed E-state index contributed by atoms with van der Waals surface area (Å²) in [5.41, 5.74) is -0.604. The van der Waals surface area contributed by atoms with Crippen molar-refractivity contribution in [2.75, 3.05) is 25.1 Å². The molecule has 1 saturated carbocycles. The zero-order valence-electron chi connectivity index (χ0n) is 18.9. The van der Waals surface area contributed by atoms with Crippen LogP contribution in [0.15, 0.2) is 36.4 Å². The molecule has 4 rings (SSSR count). The van der Waals surface area contributed by atoms with Crippen LogP contribution in [-0.4, -0.2) is 42.5 Å². The van der Waals surface area contributed by atoms with Crippen LogP contribution < -0.4 is 10.1 Å². The minimum absolute atomic E-state index is 0.00147. The molecule has 1 aliphatic carbocycles. The topological polar surface area (TPSA) is 77.0 Å². The maximum atomic E-state index is 14.1. The van der Waals surface area contributed by atoms with Crippen LogP contribution in [0.1, 0.15) is 43.7 Å². The number of aliphatic carboxylic acids is 1. The van der Waals surface area contributed by atoms with Gasteiger partial charge in [0.2, 0.25) is 0 Å². The summed E-state index contributed by atoms with van der Waals surface area (Å²) in [5, 5.41) is 13.0. The number of carboxylic acid groups (broad SMARTS) is 1. The molecule has 0 bridgehead atoms. The largest absolute Gasteiger partial charge is 0.493 e. The van der Waals surface area contributed by atoms with Gasteiger partial charge < -0.3 is 24.6 Å². The summed E-state index contributed by atoms with van der Waals surface area (Å²) in [6, 6.07) is 9.16. The van der Waals surface area contributed by atoms with Gasteiger partial charge in [-0.3, -0.25) is 0 Å². The molecule has 2 N–H and O–H groups in total. The minimum atomic E-state index is -4.62. The first-order valence-corrected chi connectivity index (χ1v) is 11.4. The van der Waals surface area contributed by atoms with E-state index in [1.165, 1.54) is 18.2 Å². The van der Waals surface area contributed by atoms with Crippen molar-refractivity contribution in [1.29, 1.82) is 0 Å². The van der Waals surface area contributed by atoms with E-state index in [0.29, 0.717) is 30.0 Å². The molecule has 2 aromatic carbocycles. The Labute approximate surface area is 196 Å². The summed E-state index contributed by atoms with van der Waals surface area (Å²) in [4.78, 5) is 12.0. The number of rotatable bonds is 9. The van der Waals surface area contributed by atoms with E-state index in [4.69, 9.17) is 14.2 Å². The Balaban J connectivity index is 1.76. The predicted octanol–water partition coefficient (Wildman–Crippen LogP) is 5.50. The zero-order valence-corrected chi connectivity index (χ0v) is 18.9. The third-order valence-electron chi connectivity index (χ3n) is 6.14. The predicted molar refractivity (Wildman–Crippen MR) is 120 cm³/mol. The van der Waals surface area contributed by atoms with Crippen LogP contribution in [0.25, 0.3) is 11.1 Å². The van der Waals surface area contributed by atoms with Crippen LogP contribution >= 0.6 is 0 Å². The SMILES string of the molecule is CCOc1cccc(-c2ccc(NC3(C(=O)O)CCOCC3)cc2COC2CC2)c1C(F)(F)F. The highest BCUT2D eigenvalue weighted by Crippen LogP contribution is 2.44. The summed E-state index contributed by atoms with van der Waals surface area (Å²) < 4.78 is 58.8. The molecule has 1 saturated heterocycles. The smallest absolute Gasteiger partial charge is 0.420 e. The summed E-state index contributed by atoms with van der Waals surface area (Å²) in [7, 11) is 0. The van der Waals surface area contributed by atoms with Crippen molar-refractivity contribution in [1.82, 2.24) is 0 Å². The molecule has 2 aliphatic rings. The van der Waals surface area contributed by atoms with Gasteiger partial charge in [0.1, 0.15) is 16.9 Å². The summed E-state index contributed by atoms with van der Waals surface area (Å²) in [5.74, 6) is -1.21. The fourth-order valence-electron chi connectivity index (χ4n) is 4.21. The van der Waals surface area contributed by atoms with Crippen molar-refractivity contribution in [3.05, 3.63) is 47.5 Å². The number of halogens is 3. The van der Waals surface area contributed by atoms with E-state index in [9.17, 15) is 23.1 Å². The van der Waals surface area contributed by atoms with Gasteiger partial charge >= 0.3 is 12.1 Å². The number of nitrogens with one attached hydrogen (secondary N) is 1. The van der Waals surface area contributed by atoms with Gasteiger partial charge in [0.15, 0.2) is 0 Å². The molecule has 9 heteroatoms. The molecule has 0 radical (unpaired) electrons. The Kier molecular flexibility index (Phi) is 7.04. The summed E-state index contributed by atoms with van der Waals surface area (Å²) >= 11 is 0. The number of anilines is 1. The van der Waals surface area contributed by atoms with Gasteiger partial charge in [-0.2, -0.15) is 13.2 Å². The average Bonchev–Trinajstić information content (AvgIpc) is 3.62. The van der Waals surface area contributed by atoms with Crippen LogP contribution in [-0.2, 0) is 27.1 Å². The third-order valence-corrected chi connectivity index (χ3v) is 6.14. The van der Waals surface area contributed by atoms with Gasteiger partial charge in [0, 0.05) is 31.7 Å². The highest BCUT2D eigenvalue weighted by molar-refractivity contribution is 5.84. The second kappa shape index (κ2) is 9.84. The first-order valence-electron chi connectivity index (χ1n) is 11.4. The number of carboxylic acids is 1. The lowest BCUT2D eigenvalue weighted by molar-refractivity contribution is -0.145. The number of ether oxygens (including phenoxy) is 3. The summed E-state index contributed by atoms with van der Waals surface area (Å²) in [6.07, 6.45) is -2.12. The van der Waals surface area contributed by atoms with Crippen LogP contribution in [0.5, 0.6) is 5.75 Å². The second-order valence-corrected chi connectivity index (χ2v) is 8.62. The second-order valence-electron chi connectivity index (χ2n) is 8.62. The molecule has 184 valence electrons. The molecule has 2 aromatic rings. The standard InChI is InChI=1S/C25H28F3NO5/c1-2-33-21-5-3-4-20(22(21)25(26,27)28)19-9-6-17(14-16(19)15-34-18-7-8-18)29-24(23(30)31)10-12-32-13-11-24/h3-6,9,14,18,29H,2,7-8,10-13,15H2,1H3,(H,30,31). The van der Waals surface area contributed by atoms with Crippen molar-refractivity contribution >= 4 is 11.7 Å². The van der Waals surface area contributed by atoms with Gasteiger partial charge in [-0.15, -0.1) is 0 Å². The maximum Gasteiger partial charge on any atom is 0.420 e. The van der Waals surface area contributed by atoms with E-state index in [2.05, 4.69) is 5.32 Å². The number of carbonyl (C=O) groups is 1. The van der Waals surface area contributed by atoms with Gasteiger partial charge in [-0.1, -0.05) is 18.2 Å². The van der Waals surface area contributed by atoms with E-state index in [1.807, 2.05) is 0 Å². The Bertz CT molecular complexity index is 1030. The quantitative estimate of drug-likeness (QED) is 0.495. The molecule has 0 spiro atoms.